The van der Waals surface area contributed by atoms with Gasteiger partial charge in [0.25, 0.3) is 0 Å². The SMILES string of the molecule is CC(C)NCCCOc1ccc(OCCCN)c(C#N)c1. The molecule has 0 aliphatic carbocycles. The first-order valence-corrected chi connectivity index (χ1v) is 7.40. The molecule has 0 heterocycles. The molecule has 0 aromatic heterocycles. The maximum Gasteiger partial charge on any atom is 0.137 e. The molecule has 0 amide bonds. The molecule has 5 nitrogen and oxygen atoms in total. The second-order valence-electron chi connectivity index (χ2n) is 5.07. The van der Waals surface area contributed by atoms with Gasteiger partial charge in [-0.3, -0.25) is 0 Å². The summed E-state index contributed by atoms with van der Waals surface area (Å²) in [6.45, 7) is 6.87. The van der Waals surface area contributed by atoms with Gasteiger partial charge in [-0.1, -0.05) is 13.8 Å². The van der Waals surface area contributed by atoms with Crippen LogP contribution in [-0.2, 0) is 0 Å². The van der Waals surface area contributed by atoms with Crippen molar-refractivity contribution in [2.45, 2.75) is 32.7 Å². The second-order valence-corrected chi connectivity index (χ2v) is 5.07. The highest BCUT2D eigenvalue weighted by molar-refractivity contribution is 5.47. The zero-order chi connectivity index (χ0) is 15.5. The summed E-state index contributed by atoms with van der Waals surface area (Å²) in [5.74, 6) is 1.28. The molecule has 116 valence electrons. The van der Waals surface area contributed by atoms with Crippen molar-refractivity contribution in [2.75, 3.05) is 26.3 Å². The number of rotatable bonds is 10. The van der Waals surface area contributed by atoms with E-state index >= 15 is 0 Å². The van der Waals surface area contributed by atoms with Crippen LogP contribution in [0.1, 0.15) is 32.3 Å². The van der Waals surface area contributed by atoms with E-state index in [1.54, 1.807) is 12.1 Å². The van der Waals surface area contributed by atoms with Crippen LogP contribution in [0.15, 0.2) is 18.2 Å². The Labute approximate surface area is 127 Å². The van der Waals surface area contributed by atoms with Gasteiger partial charge in [0.2, 0.25) is 0 Å². The second kappa shape index (κ2) is 10.0. The Hall–Kier alpha value is -1.77. The lowest BCUT2D eigenvalue weighted by Crippen LogP contribution is -2.24. The Morgan fingerprint density at radius 3 is 2.67 bits per heavy atom. The van der Waals surface area contributed by atoms with E-state index in [0.717, 1.165) is 19.4 Å². The molecule has 3 N–H and O–H groups in total. The topological polar surface area (TPSA) is 80.3 Å². The van der Waals surface area contributed by atoms with Gasteiger partial charge in [-0.15, -0.1) is 0 Å². The average molecular weight is 291 g/mol. The first kappa shape index (κ1) is 17.3. The number of hydrogen-bond acceptors (Lipinski definition) is 5. The molecule has 0 saturated heterocycles. The molecule has 0 aliphatic rings. The fourth-order valence-corrected chi connectivity index (χ4v) is 1.73. The molecule has 0 radical (unpaired) electrons. The average Bonchev–Trinajstić information content (AvgIpc) is 2.47. The molecule has 0 unspecified atom stereocenters. The van der Waals surface area contributed by atoms with Gasteiger partial charge in [0.1, 0.15) is 17.6 Å². The third-order valence-corrected chi connectivity index (χ3v) is 2.82. The predicted octanol–water partition coefficient (Wildman–Crippen LogP) is 2.05. The molecule has 0 fully saturated rings. The van der Waals surface area contributed by atoms with Gasteiger partial charge in [-0.2, -0.15) is 5.26 Å². The minimum Gasteiger partial charge on any atom is -0.493 e. The molecule has 1 rings (SSSR count). The van der Waals surface area contributed by atoms with Crippen molar-refractivity contribution in [2.24, 2.45) is 5.73 Å². The zero-order valence-electron chi connectivity index (χ0n) is 12.9. The molecule has 0 spiro atoms. The lowest BCUT2D eigenvalue weighted by molar-refractivity contribution is 0.300. The number of nitrogens with zero attached hydrogens (tertiary/aromatic N) is 1. The van der Waals surface area contributed by atoms with Crippen molar-refractivity contribution in [3.05, 3.63) is 23.8 Å². The van der Waals surface area contributed by atoms with E-state index in [9.17, 15) is 0 Å². The standard InChI is InChI=1S/C16H25N3O2/c1-13(2)19-8-4-10-20-15-5-6-16(14(11-15)12-18)21-9-3-7-17/h5-6,11,13,19H,3-4,7-10,17H2,1-2H3. The number of hydrogen-bond donors (Lipinski definition) is 2. The molecule has 0 aliphatic heterocycles. The molecule has 1 aromatic rings. The highest BCUT2D eigenvalue weighted by Crippen LogP contribution is 2.23. The van der Waals surface area contributed by atoms with Crippen molar-refractivity contribution in [3.63, 3.8) is 0 Å². The van der Waals surface area contributed by atoms with Crippen LogP contribution in [0, 0.1) is 11.3 Å². The van der Waals surface area contributed by atoms with Crippen molar-refractivity contribution in [1.82, 2.24) is 5.32 Å². The third-order valence-electron chi connectivity index (χ3n) is 2.82. The van der Waals surface area contributed by atoms with Gasteiger partial charge in [-0.25, -0.2) is 0 Å². The monoisotopic (exact) mass is 291 g/mol. The Balaban J connectivity index is 2.44. The van der Waals surface area contributed by atoms with E-state index in [1.165, 1.54) is 0 Å². The van der Waals surface area contributed by atoms with Crippen LogP contribution >= 0.6 is 0 Å². The summed E-state index contributed by atoms with van der Waals surface area (Å²) in [7, 11) is 0. The predicted molar refractivity (Wildman–Crippen MR) is 83.6 cm³/mol. The summed E-state index contributed by atoms with van der Waals surface area (Å²) in [6, 6.07) is 7.94. The molecule has 0 saturated carbocycles. The maximum absolute atomic E-state index is 9.15. The smallest absolute Gasteiger partial charge is 0.137 e. The molecular formula is C16H25N3O2. The van der Waals surface area contributed by atoms with E-state index in [1.807, 2.05) is 6.07 Å². The van der Waals surface area contributed by atoms with E-state index in [-0.39, 0.29) is 0 Å². The molecule has 5 heteroatoms. The summed E-state index contributed by atoms with van der Waals surface area (Å²) in [5, 5.41) is 12.5. The van der Waals surface area contributed by atoms with Gasteiger partial charge in [0.15, 0.2) is 0 Å². The molecular weight excluding hydrogens is 266 g/mol. The van der Waals surface area contributed by atoms with Crippen LogP contribution in [0.3, 0.4) is 0 Å². The van der Waals surface area contributed by atoms with Crippen LogP contribution in [0.5, 0.6) is 11.5 Å². The Morgan fingerprint density at radius 1 is 1.24 bits per heavy atom. The highest BCUT2D eigenvalue weighted by atomic mass is 16.5. The number of nitrogens with one attached hydrogen (secondary N) is 1. The quantitative estimate of drug-likeness (QED) is 0.645. The molecule has 1 aromatic carbocycles. The summed E-state index contributed by atoms with van der Waals surface area (Å²) >= 11 is 0. The summed E-state index contributed by atoms with van der Waals surface area (Å²) < 4.78 is 11.2. The van der Waals surface area contributed by atoms with Crippen molar-refractivity contribution >= 4 is 0 Å². The Kier molecular flexibility index (Phi) is 8.25. The largest absolute Gasteiger partial charge is 0.493 e. The van der Waals surface area contributed by atoms with Gasteiger partial charge in [0.05, 0.1) is 18.8 Å². The summed E-state index contributed by atoms with van der Waals surface area (Å²) in [5.41, 5.74) is 5.91. The van der Waals surface area contributed by atoms with E-state index in [2.05, 4.69) is 25.2 Å². The normalized spacial score (nSPS) is 10.4. The van der Waals surface area contributed by atoms with Crippen molar-refractivity contribution in [1.29, 1.82) is 5.26 Å². The lowest BCUT2D eigenvalue weighted by Gasteiger charge is -2.11. The zero-order valence-corrected chi connectivity index (χ0v) is 12.9. The summed E-state index contributed by atoms with van der Waals surface area (Å²) in [6.07, 6.45) is 1.70. The maximum atomic E-state index is 9.15. The van der Waals surface area contributed by atoms with Crippen LogP contribution < -0.4 is 20.5 Å². The number of nitriles is 1. The first-order valence-electron chi connectivity index (χ1n) is 7.40. The number of nitrogens with two attached hydrogens (primary N) is 1. The van der Waals surface area contributed by atoms with Gasteiger partial charge < -0.3 is 20.5 Å². The first-order chi connectivity index (χ1) is 10.2. The molecule has 0 atom stereocenters. The van der Waals surface area contributed by atoms with Gasteiger partial charge in [0, 0.05) is 12.1 Å². The van der Waals surface area contributed by atoms with E-state index in [0.29, 0.717) is 42.9 Å². The van der Waals surface area contributed by atoms with Crippen LogP contribution in [0.2, 0.25) is 0 Å². The van der Waals surface area contributed by atoms with Gasteiger partial charge >= 0.3 is 0 Å². The Bertz CT molecular complexity index is 455. The fraction of sp³-hybridized carbons (Fsp3) is 0.562. The lowest BCUT2D eigenvalue weighted by atomic mass is 10.2. The van der Waals surface area contributed by atoms with Crippen LogP contribution in [0.4, 0.5) is 0 Å². The van der Waals surface area contributed by atoms with Crippen LogP contribution in [-0.4, -0.2) is 32.3 Å². The number of benzene rings is 1. The van der Waals surface area contributed by atoms with Crippen LogP contribution in [0.25, 0.3) is 0 Å². The minimum absolute atomic E-state index is 0.486. The minimum atomic E-state index is 0.486. The van der Waals surface area contributed by atoms with Gasteiger partial charge in [-0.05, 0) is 38.1 Å². The summed E-state index contributed by atoms with van der Waals surface area (Å²) in [4.78, 5) is 0. The molecule has 21 heavy (non-hydrogen) atoms. The number of ether oxygens (including phenoxy) is 2. The van der Waals surface area contributed by atoms with E-state index in [4.69, 9.17) is 20.5 Å². The fourth-order valence-electron chi connectivity index (χ4n) is 1.73. The highest BCUT2D eigenvalue weighted by Gasteiger charge is 2.05. The van der Waals surface area contributed by atoms with E-state index < -0.39 is 0 Å². The molecule has 0 bridgehead atoms. The van der Waals surface area contributed by atoms with Crippen molar-refractivity contribution in [3.8, 4) is 17.6 Å². The van der Waals surface area contributed by atoms with Crippen molar-refractivity contribution < 1.29 is 9.47 Å². The third kappa shape index (κ3) is 6.98. The Morgan fingerprint density at radius 2 is 2.00 bits per heavy atom.